The van der Waals surface area contributed by atoms with Crippen LogP contribution in [-0.4, -0.2) is 42.8 Å². The maximum atomic E-state index is 11.9. The fraction of sp³-hybridized carbons (Fsp3) is 0.917. The van der Waals surface area contributed by atoms with Gasteiger partial charge in [0.15, 0.2) is 0 Å². The van der Waals surface area contributed by atoms with Gasteiger partial charge in [0, 0.05) is 6.61 Å². The van der Waals surface area contributed by atoms with Gasteiger partial charge in [0.25, 0.3) is 0 Å². The molecule has 4 nitrogen and oxygen atoms in total. The first-order valence-corrected chi connectivity index (χ1v) is 6.30. The van der Waals surface area contributed by atoms with Gasteiger partial charge in [-0.1, -0.05) is 13.8 Å². The molecule has 0 aromatic carbocycles. The Bertz CT molecular complexity index is 249. The van der Waals surface area contributed by atoms with Gasteiger partial charge in [-0.25, -0.2) is 0 Å². The molecule has 2 heterocycles. The van der Waals surface area contributed by atoms with Crippen molar-refractivity contribution in [2.75, 3.05) is 19.8 Å². The van der Waals surface area contributed by atoms with Crippen molar-refractivity contribution in [3.8, 4) is 0 Å². The van der Waals surface area contributed by atoms with Crippen LogP contribution in [-0.2, 0) is 9.53 Å². The molecule has 0 aromatic rings. The number of hydrogen-bond acceptors (Lipinski definition) is 3. The first kappa shape index (κ1) is 11.9. The van der Waals surface area contributed by atoms with Crippen molar-refractivity contribution in [2.45, 2.75) is 45.3 Å². The van der Waals surface area contributed by atoms with E-state index in [1.54, 1.807) is 0 Å². The van der Waals surface area contributed by atoms with Gasteiger partial charge in [0.05, 0.1) is 25.4 Å². The molecule has 0 radical (unpaired) electrons. The second kappa shape index (κ2) is 5.15. The lowest BCUT2D eigenvalue weighted by atomic mass is 10.0. The Morgan fingerprint density at radius 1 is 1.56 bits per heavy atom. The summed E-state index contributed by atoms with van der Waals surface area (Å²) in [5.74, 6) is 0.844. The van der Waals surface area contributed by atoms with Crippen LogP contribution in [0.4, 0.5) is 0 Å². The van der Waals surface area contributed by atoms with Gasteiger partial charge in [-0.05, 0) is 25.2 Å². The average Bonchev–Trinajstić information content (AvgIpc) is 2.60. The first-order chi connectivity index (χ1) is 7.68. The van der Waals surface area contributed by atoms with Crippen LogP contribution in [0.2, 0.25) is 0 Å². The summed E-state index contributed by atoms with van der Waals surface area (Å²) in [5, 5.41) is 3.31. The van der Waals surface area contributed by atoms with E-state index in [0.29, 0.717) is 25.1 Å². The highest BCUT2D eigenvalue weighted by molar-refractivity contribution is 5.81. The van der Waals surface area contributed by atoms with Gasteiger partial charge < -0.3 is 9.64 Å². The average molecular weight is 226 g/mol. The highest BCUT2D eigenvalue weighted by atomic mass is 16.5. The summed E-state index contributed by atoms with van der Waals surface area (Å²) in [6.45, 7) is 6.44. The van der Waals surface area contributed by atoms with Crippen molar-refractivity contribution < 1.29 is 9.53 Å². The standard InChI is InChI=1S/C12H22N2O2/c1-9(2)6-11-13-7-12(15)14(11)10-4-3-5-16-8-10/h9-11,13H,3-8H2,1-2H3. The fourth-order valence-electron chi connectivity index (χ4n) is 2.61. The summed E-state index contributed by atoms with van der Waals surface area (Å²) in [7, 11) is 0. The van der Waals surface area contributed by atoms with Crippen molar-refractivity contribution in [2.24, 2.45) is 5.92 Å². The van der Waals surface area contributed by atoms with E-state index < -0.39 is 0 Å². The minimum atomic E-state index is 0.221. The number of amides is 1. The van der Waals surface area contributed by atoms with Crippen molar-refractivity contribution in [1.29, 1.82) is 0 Å². The Hall–Kier alpha value is -0.610. The predicted octanol–water partition coefficient (Wildman–Crippen LogP) is 0.969. The molecule has 2 fully saturated rings. The van der Waals surface area contributed by atoms with Crippen LogP contribution in [0.1, 0.15) is 33.1 Å². The smallest absolute Gasteiger partial charge is 0.238 e. The van der Waals surface area contributed by atoms with Crippen LogP contribution >= 0.6 is 0 Å². The van der Waals surface area contributed by atoms with E-state index in [2.05, 4.69) is 19.2 Å². The number of carbonyl (C=O) groups is 1. The van der Waals surface area contributed by atoms with Gasteiger partial charge >= 0.3 is 0 Å². The molecule has 2 unspecified atom stereocenters. The molecule has 92 valence electrons. The van der Waals surface area contributed by atoms with Gasteiger partial charge in [0.2, 0.25) is 5.91 Å². The molecular formula is C12H22N2O2. The van der Waals surface area contributed by atoms with Crippen LogP contribution in [0.3, 0.4) is 0 Å². The van der Waals surface area contributed by atoms with Gasteiger partial charge in [-0.15, -0.1) is 0 Å². The van der Waals surface area contributed by atoms with E-state index in [4.69, 9.17) is 4.74 Å². The third-order valence-corrected chi connectivity index (χ3v) is 3.34. The molecule has 2 aliphatic rings. The zero-order valence-corrected chi connectivity index (χ0v) is 10.2. The third kappa shape index (κ3) is 2.55. The summed E-state index contributed by atoms with van der Waals surface area (Å²) in [4.78, 5) is 13.9. The summed E-state index contributed by atoms with van der Waals surface area (Å²) in [6.07, 6.45) is 3.41. The summed E-state index contributed by atoms with van der Waals surface area (Å²) in [6, 6.07) is 0.292. The number of ether oxygens (including phenoxy) is 1. The van der Waals surface area contributed by atoms with Crippen molar-refractivity contribution in [3.05, 3.63) is 0 Å². The van der Waals surface area contributed by atoms with E-state index in [0.717, 1.165) is 25.9 Å². The van der Waals surface area contributed by atoms with E-state index >= 15 is 0 Å². The molecular weight excluding hydrogens is 204 g/mol. The minimum absolute atomic E-state index is 0.221. The maximum Gasteiger partial charge on any atom is 0.238 e. The molecule has 0 bridgehead atoms. The van der Waals surface area contributed by atoms with E-state index in [1.807, 2.05) is 4.90 Å². The van der Waals surface area contributed by atoms with Crippen molar-refractivity contribution in [1.82, 2.24) is 10.2 Å². The Balaban J connectivity index is 1.99. The monoisotopic (exact) mass is 226 g/mol. The molecule has 16 heavy (non-hydrogen) atoms. The van der Waals surface area contributed by atoms with Gasteiger partial charge in [0.1, 0.15) is 0 Å². The Kier molecular flexibility index (Phi) is 3.82. The van der Waals surface area contributed by atoms with Crippen molar-refractivity contribution in [3.63, 3.8) is 0 Å². The number of hydrogen-bond donors (Lipinski definition) is 1. The summed E-state index contributed by atoms with van der Waals surface area (Å²) < 4.78 is 5.47. The zero-order chi connectivity index (χ0) is 11.5. The quantitative estimate of drug-likeness (QED) is 0.779. The lowest BCUT2D eigenvalue weighted by Gasteiger charge is -2.35. The largest absolute Gasteiger partial charge is 0.379 e. The molecule has 0 spiro atoms. The molecule has 2 saturated heterocycles. The number of carbonyl (C=O) groups excluding carboxylic acids is 1. The molecule has 0 aromatic heterocycles. The second-order valence-electron chi connectivity index (χ2n) is 5.20. The number of rotatable bonds is 3. The van der Waals surface area contributed by atoms with Crippen LogP contribution < -0.4 is 5.32 Å². The summed E-state index contributed by atoms with van der Waals surface area (Å²) in [5.41, 5.74) is 0. The number of nitrogens with one attached hydrogen (secondary N) is 1. The van der Waals surface area contributed by atoms with Crippen LogP contribution in [0.5, 0.6) is 0 Å². The van der Waals surface area contributed by atoms with Crippen LogP contribution in [0.15, 0.2) is 0 Å². The van der Waals surface area contributed by atoms with Crippen LogP contribution in [0, 0.1) is 5.92 Å². The summed E-state index contributed by atoms with van der Waals surface area (Å²) >= 11 is 0. The molecule has 4 heteroatoms. The van der Waals surface area contributed by atoms with E-state index in [9.17, 15) is 4.79 Å². The first-order valence-electron chi connectivity index (χ1n) is 6.30. The van der Waals surface area contributed by atoms with Gasteiger partial charge in [-0.3, -0.25) is 10.1 Å². The molecule has 0 saturated carbocycles. The Morgan fingerprint density at radius 3 is 3.00 bits per heavy atom. The molecule has 2 aliphatic heterocycles. The molecule has 2 atom stereocenters. The van der Waals surface area contributed by atoms with Crippen LogP contribution in [0.25, 0.3) is 0 Å². The van der Waals surface area contributed by atoms with E-state index in [-0.39, 0.29) is 12.1 Å². The fourth-order valence-corrected chi connectivity index (χ4v) is 2.61. The highest BCUT2D eigenvalue weighted by Crippen LogP contribution is 2.22. The highest BCUT2D eigenvalue weighted by Gasteiger charge is 2.36. The Morgan fingerprint density at radius 2 is 2.38 bits per heavy atom. The molecule has 1 N–H and O–H groups in total. The van der Waals surface area contributed by atoms with Crippen molar-refractivity contribution >= 4 is 5.91 Å². The maximum absolute atomic E-state index is 11.9. The minimum Gasteiger partial charge on any atom is -0.379 e. The lowest BCUT2D eigenvalue weighted by molar-refractivity contribution is -0.133. The second-order valence-corrected chi connectivity index (χ2v) is 5.20. The normalized spacial score (nSPS) is 31.4. The molecule has 1 amide bonds. The third-order valence-electron chi connectivity index (χ3n) is 3.34. The van der Waals surface area contributed by atoms with E-state index in [1.165, 1.54) is 0 Å². The molecule has 2 rings (SSSR count). The lowest BCUT2D eigenvalue weighted by Crippen LogP contribution is -2.48. The molecule has 0 aliphatic carbocycles. The SMILES string of the molecule is CC(C)CC1NCC(=O)N1C1CCCOC1. The Labute approximate surface area is 97.3 Å². The van der Waals surface area contributed by atoms with Gasteiger partial charge in [-0.2, -0.15) is 0 Å². The zero-order valence-electron chi connectivity index (χ0n) is 10.2. The topological polar surface area (TPSA) is 41.6 Å². The predicted molar refractivity (Wildman–Crippen MR) is 61.9 cm³/mol. The number of nitrogens with zero attached hydrogens (tertiary/aromatic N) is 1.